The summed E-state index contributed by atoms with van der Waals surface area (Å²) in [5.41, 5.74) is 0.800. The molecule has 0 radical (unpaired) electrons. The van der Waals surface area contributed by atoms with Crippen LogP contribution in [0.5, 0.6) is 5.88 Å². The molecule has 0 saturated carbocycles. The van der Waals surface area contributed by atoms with Crippen molar-refractivity contribution in [2.24, 2.45) is 0 Å². The lowest BCUT2D eigenvalue weighted by molar-refractivity contribution is 0.00958. The van der Waals surface area contributed by atoms with E-state index in [4.69, 9.17) is 9.47 Å². The Kier molecular flexibility index (Phi) is 2.68. The molecule has 3 rings (SSSR count). The highest BCUT2D eigenvalue weighted by Gasteiger charge is 2.21. The molecule has 0 aliphatic carbocycles. The second kappa shape index (κ2) is 4.33. The van der Waals surface area contributed by atoms with E-state index in [9.17, 15) is 0 Å². The van der Waals surface area contributed by atoms with Crippen LogP contribution in [0.3, 0.4) is 0 Å². The number of hydrogen-bond donors (Lipinski definition) is 0. The molecule has 0 amide bonds. The van der Waals surface area contributed by atoms with Gasteiger partial charge < -0.3 is 9.47 Å². The lowest BCUT2D eigenvalue weighted by atomic mass is 10.1. The minimum atomic E-state index is 0.0355. The number of ether oxygens (including phenoxy) is 2. The lowest BCUT2D eigenvalue weighted by Gasteiger charge is -2.19. The zero-order valence-electron chi connectivity index (χ0n) is 9.80. The van der Waals surface area contributed by atoms with Crippen molar-refractivity contribution in [2.45, 2.75) is 25.4 Å². The average Bonchev–Trinajstić information content (AvgIpc) is 2.83. The molecule has 5 heteroatoms. The van der Waals surface area contributed by atoms with Gasteiger partial charge in [-0.05, 0) is 25.3 Å². The SMILES string of the molecule is COc1cccc2nc(C3CCCCO3)nn12. The largest absolute Gasteiger partial charge is 0.481 e. The highest BCUT2D eigenvalue weighted by Crippen LogP contribution is 2.26. The van der Waals surface area contributed by atoms with Gasteiger partial charge in [0, 0.05) is 12.7 Å². The molecule has 2 aromatic rings. The average molecular weight is 233 g/mol. The molecule has 90 valence electrons. The van der Waals surface area contributed by atoms with E-state index in [1.165, 1.54) is 6.42 Å². The zero-order valence-corrected chi connectivity index (χ0v) is 9.80. The molecule has 5 nitrogen and oxygen atoms in total. The first-order valence-corrected chi connectivity index (χ1v) is 5.90. The van der Waals surface area contributed by atoms with Gasteiger partial charge in [-0.2, -0.15) is 4.52 Å². The Hall–Kier alpha value is -1.62. The maximum atomic E-state index is 5.69. The molecular formula is C12H15N3O2. The van der Waals surface area contributed by atoms with Crippen LogP contribution in [0.1, 0.15) is 31.2 Å². The molecule has 17 heavy (non-hydrogen) atoms. The van der Waals surface area contributed by atoms with Crippen LogP contribution < -0.4 is 4.74 Å². The summed E-state index contributed by atoms with van der Waals surface area (Å²) in [7, 11) is 1.63. The van der Waals surface area contributed by atoms with Crippen molar-refractivity contribution in [1.29, 1.82) is 0 Å². The Morgan fingerprint density at radius 1 is 1.41 bits per heavy atom. The molecule has 2 aromatic heterocycles. The Bertz CT molecular complexity index is 517. The minimum Gasteiger partial charge on any atom is -0.481 e. The number of aromatic nitrogens is 3. The highest BCUT2D eigenvalue weighted by atomic mass is 16.5. The van der Waals surface area contributed by atoms with Gasteiger partial charge in [0.2, 0.25) is 5.88 Å². The first-order valence-electron chi connectivity index (χ1n) is 5.90. The van der Waals surface area contributed by atoms with Gasteiger partial charge in [-0.25, -0.2) is 4.98 Å². The van der Waals surface area contributed by atoms with Crippen LogP contribution >= 0.6 is 0 Å². The van der Waals surface area contributed by atoms with Crippen LogP contribution in [0.25, 0.3) is 5.65 Å². The summed E-state index contributed by atoms with van der Waals surface area (Å²) in [6.45, 7) is 0.803. The van der Waals surface area contributed by atoms with Gasteiger partial charge in [0.15, 0.2) is 11.5 Å². The smallest absolute Gasteiger partial charge is 0.216 e. The molecule has 1 saturated heterocycles. The second-order valence-electron chi connectivity index (χ2n) is 4.16. The molecular weight excluding hydrogens is 218 g/mol. The van der Waals surface area contributed by atoms with Crippen molar-refractivity contribution >= 4 is 5.65 Å². The van der Waals surface area contributed by atoms with Gasteiger partial charge in [0.1, 0.15) is 6.10 Å². The normalized spacial score (nSPS) is 20.6. The highest BCUT2D eigenvalue weighted by molar-refractivity contribution is 5.40. The molecule has 0 aromatic carbocycles. The van der Waals surface area contributed by atoms with Gasteiger partial charge in [0.25, 0.3) is 0 Å². The molecule has 1 fully saturated rings. The molecule has 1 unspecified atom stereocenters. The Balaban J connectivity index is 2.00. The van der Waals surface area contributed by atoms with Crippen LogP contribution in [0.4, 0.5) is 0 Å². The summed E-state index contributed by atoms with van der Waals surface area (Å²) in [6, 6.07) is 5.70. The maximum Gasteiger partial charge on any atom is 0.216 e. The summed E-state index contributed by atoms with van der Waals surface area (Å²) in [5.74, 6) is 1.45. The molecule has 1 aliphatic heterocycles. The van der Waals surface area contributed by atoms with E-state index < -0.39 is 0 Å². The standard InChI is InChI=1S/C12H15N3O2/c1-16-11-7-4-6-10-13-12(14-15(10)11)9-5-2-3-8-17-9/h4,6-7,9H,2-3,5,8H2,1H3. The van der Waals surface area contributed by atoms with Gasteiger partial charge in [-0.1, -0.05) is 6.07 Å². The van der Waals surface area contributed by atoms with Crippen LogP contribution in [0, 0.1) is 0 Å². The van der Waals surface area contributed by atoms with Crippen LogP contribution in [-0.4, -0.2) is 28.3 Å². The number of methoxy groups -OCH3 is 1. The van der Waals surface area contributed by atoms with Crippen molar-refractivity contribution < 1.29 is 9.47 Å². The number of fused-ring (bicyclic) bond motifs is 1. The number of rotatable bonds is 2. The zero-order chi connectivity index (χ0) is 11.7. The van der Waals surface area contributed by atoms with Gasteiger partial charge >= 0.3 is 0 Å². The Labute approximate surface area is 99.4 Å². The summed E-state index contributed by atoms with van der Waals surface area (Å²) in [5, 5.41) is 4.46. The Morgan fingerprint density at radius 3 is 3.12 bits per heavy atom. The van der Waals surface area contributed by atoms with Crippen molar-refractivity contribution in [3.63, 3.8) is 0 Å². The third-order valence-electron chi connectivity index (χ3n) is 3.02. The summed E-state index contributed by atoms with van der Waals surface area (Å²) in [6.07, 6.45) is 3.34. The van der Waals surface area contributed by atoms with Gasteiger partial charge in [0.05, 0.1) is 7.11 Å². The number of hydrogen-bond acceptors (Lipinski definition) is 4. The number of nitrogens with zero attached hydrogens (tertiary/aromatic N) is 3. The fourth-order valence-corrected chi connectivity index (χ4v) is 2.13. The third-order valence-corrected chi connectivity index (χ3v) is 3.02. The predicted molar refractivity (Wildman–Crippen MR) is 62.1 cm³/mol. The second-order valence-corrected chi connectivity index (χ2v) is 4.16. The van der Waals surface area contributed by atoms with Crippen molar-refractivity contribution in [1.82, 2.24) is 14.6 Å². The van der Waals surface area contributed by atoms with Crippen LogP contribution in [-0.2, 0) is 4.74 Å². The molecule has 3 heterocycles. The molecule has 0 bridgehead atoms. The van der Waals surface area contributed by atoms with E-state index in [-0.39, 0.29) is 6.10 Å². The van der Waals surface area contributed by atoms with E-state index in [1.807, 2.05) is 18.2 Å². The molecule has 0 N–H and O–H groups in total. The quantitative estimate of drug-likeness (QED) is 0.795. The summed E-state index contributed by atoms with van der Waals surface area (Å²) in [4.78, 5) is 4.49. The van der Waals surface area contributed by atoms with Crippen molar-refractivity contribution in [2.75, 3.05) is 13.7 Å². The van der Waals surface area contributed by atoms with E-state index in [0.29, 0.717) is 5.88 Å². The van der Waals surface area contributed by atoms with Gasteiger partial charge in [-0.3, -0.25) is 0 Å². The third kappa shape index (κ3) is 1.86. The van der Waals surface area contributed by atoms with E-state index in [2.05, 4.69) is 10.1 Å². The fraction of sp³-hybridized carbons (Fsp3) is 0.500. The topological polar surface area (TPSA) is 48.7 Å². The van der Waals surface area contributed by atoms with Crippen molar-refractivity contribution in [3.8, 4) is 5.88 Å². The molecule has 1 aliphatic rings. The van der Waals surface area contributed by atoms with Crippen LogP contribution in [0.2, 0.25) is 0 Å². The molecule has 1 atom stereocenters. The summed E-state index contributed by atoms with van der Waals surface area (Å²) >= 11 is 0. The predicted octanol–water partition coefficient (Wildman–Crippen LogP) is 1.98. The van der Waals surface area contributed by atoms with E-state index >= 15 is 0 Å². The maximum absolute atomic E-state index is 5.69. The Morgan fingerprint density at radius 2 is 2.35 bits per heavy atom. The van der Waals surface area contributed by atoms with Crippen molar-refractivity contribution in [3.05, 3.63) is 24.0 Å². The molecule has 0 spiro atoms. The van der Waals surface area contributed by atoms with E-state index in [0.717, 1.165) is 30.9 Å². The first-order chi connectivity index (χ1) is 8.38. The fourth-order valence-electron chi connectivity index (χ4n) is 2.13. The monoisotopic (exact) mass is 233 g/mol. The minimum absolute atomic E-state index is 0.0355. The number of pyridine rings is 1. The van der Waals surface area contributed by atoms with Crippen LogP contribution in [0.15, 0.2) is 18.2 Å². The summed E-state index contributed by atoms with van der Waals surface area (Å²) < 4.78 is 12.7. The van der Waals surface area contributed by atoms with Gasteiger partial charge in [-0.15, -0.1) is 5.10 Å². The van der Waals surface area contributed by atoms with E-state index in [1.54, 1.807) is 11.6 Å². The lowest BCUT2D eigenvalue weighted by Crippen LogP contribution is -2.13. The first kappa shape index (κ1) is 10.5.